The van der Waals surface area contributed by atoms with Gasteiger partial charge in [-0.05, 0) is 337 Å². The maximum absolute atomic E-state index is 12.0. The lowest BCUT2D eigenvalue weighted by Gasteiger charge is -2.44. The molecular formula is C89H136O17. The van der Waals surface area contributed by atoms with E-state index in [4.69, 9.17) is 66.3 Å². The fraction of sp³-hybridized carbons (Fsp3) is 0.966. The van der Waals surface area contributed by atoms with Crippen LogP contribution in [-0.2, 0) is 80.7 Å². The number of epoxide rings is 7. The quantitative estimate of drug-likeness (QED) is 0.0381. The van der Waals surface area contributed by atoms with Gasteiger partial charge in [0.15, 0.2) is 5.79 Å². The number of hydrogen-bond donors (Lipinski definition) is 0. The SMILES string of the molecule is C(COCC1CCC2OC2C1)OCC1CCC2CC2C1.C1C2CC2C2CC3OC3CC12.C1CC2CC2CC1C1COC2(CCC3OC3C2)OC1.CCC(C1CC1)(C1CO1)C1CO1.O=C(CCCCC(=O)OCC1CCC2OC2C1)OCC1CCC2CC2C1.O=C(OCC1CCC2CC2C1)C1CCC2OC2C1. The van der Waals surface area contributed by atoms with Crippen LogP contribution in [0.4, 0.5) is 0 Å². The summed E-state index contributed by atoms with van der Waals surface area (Å²) in [5.41, 5.74) is 0.431. The summed E-state index contributed by atoms with van der Waals surface area (Å²) in [7, 11) is 0. The van der Waals surface area contributed by atoms with E-state index < -0.39 is 0 Å². The highest BCUT2D eigenvalue weighted by Gasteiger charge is 2.64. The van der Waals surface area contributed by atoms with E-state index >= 15 is 0 Å². The second-order valence-electron chi connectivity index (χ2n) is 40.1. The van der Waals surface area contributed by atoms with Crippen molar-refractivity contribution in [3.63, 3.8) is 0 Å². The van der Waals surface area contributed by atoms with Crippen LogP contribution in [0.1, 0.15) is 257 Å². The Bertz CT molecular complexity index is 2850. The fourth-order valence-electron chi connectivity index (χ4n) is 24.7. The zero-order valence-corrected chi connectivity index (χ0v) is 64.8. The van der Waals surface area contributed by atoms with Crippen molar-refractivity contribution in [3.05, 3.63) is 0 Å². The molecule has 31 unspecified atom stereocenters. The van der Waals surface area contributed by atoms with Gasteiger partial charge in [0.1, 0.15) is 0 Å². The molecule has 0 aromatic heterocycles. The number of fused-ring (bicyclic) bond motifs is 12. The van der Waals surface area contributed by atoms with E-state index in [0.717, 1.165) is 206 Å². The highest BCUT2D eigenvalue weighted by atomic mass is 16.7. The first-order valence-electron chi connectivity index (χ1n) is 45.4. The minimum Gasteiger partial charge on any atom is -0.465 e. The van der Waals surface area contributed by atoms with Crippen LogP contribution in [0.25, 0.3) is 0 Å². The zero-order chi connectivity index (χ0) is 71.0. The summed E-state index contributed by atoms with van der Waals surface area (Å²) in [4.78, 5) is 35.7. The first kappa shape index (κ1) is 74.1. The lowest BCUT2D eigenvalue weighted by Crippen LogP contribution is -2.48. The van der Waals surface area contributed by atoms with Crippen LogP contribution in [0, 0.1) is 130 Å². The van der Waals surface area contributed by atoms with E-state index in [-0.39, 0.29) is 29.6 Å². The summed E-state index contributed by atoms with van der Waals surface area (Å²) in [5, 5.41) is 0. The monoisotopic (exact) mass is 1480 g/mol. The Hall–Kier alpha value is -2.03. The number of ether oxygens (including phenoxy) is 14. The van der Waals surface area contributed by atoms with Gasteiger partial charge >= 0.3 is 17.9 Å². The Morgan fingerprint density at radius 2 is 0.774 bits per heavy atom. The van der Waals surface area contributed by atoms with Gasteiger partial charge in [-0.3, -0.25) is 14.4 Å². The van der Waals surface area contributed by atoms with Gasteiger partial charge in [-0.15, -0.1) is 0 Å². The lowest BCUT2D eigenvalue weighted by molar-refractivity contribution is -0.298. The van der Waals surface area contributed by atoms with Gasteiger partial charge in [-0.1, -0.05) is 6.92 Å². The first-order valence-corrected chi connectivity index (χ1v) is 45.4. The average molecular weight is 1480 g/mol. The molecule has 16 saturated carbocycles. The van der Waals surface area contributed by atoms with Crippen molar-refractivity contribution in [1.82, 2.24) is 0 Å². The minimum atomic E-state index is -0.273. The number of carbonyl (C=O) groups excluding carboxylic acids is 3. The lowest BCUT2D eigenvalue weighted by atomic mass is 9.74. The van der Waals surface area contributed by atoms with Gasteiger partial charge in [-0.2, -0.15) is 0 Å². The van der Waals surface area contributed by atoms with Crippen molar-refractivity contribution in [1.29, 1.82) is 0 Å². The van der Waals surface area contributed by atoms with Crippen LogP contribution in [-0.4, -0.2) is 170 Å². The summed E-state index contributed by atoms with van der Waals surface area (Å²) in [5.74, 6) is 18.1. The van der Waals surface area contributed by atoms with Crippen LogP contribution in [0.3, 0.4) is 0 Å². The number of esters is 3. The first-order chi connectivity index (χ1) is 51.9. The molecule has 0 N–H and O–H groups in total. The smallest absolute Gasteiger partial charge is 0.309 e. The molecule has 16 aliphatic carbocycles. The number of carbonyl (C=O) groups is 3. The third-order valence-corrected chi connectivity index (χ3v) is 32.7. The molecule has 31 atom stereocenters. The minimum absolute atomic E-state index is 0.0434. The van der Waals surface area contributed by atoms with Gasteiger partial charge in [0.25, 0.3) is 0 Å². The Morgan fingerprint density at radius 1 is 0.358 bits per heavy atom. The highest BCUT2D eigenvalue weighted by molar-refractivity contribution is 5.73. The molecule has 17 nitrogen and oxygen atoms in total. The molecule has 17 heteroatoms. The molecule has 0 aromatic rings. The van der Waals surface area contributed by atoms with Crippen molar-refractivity contribution < 1.29 is 80.7 Å². The maximum Gasteiger partial charge on any atom is 0.309 e. The molecule has 106 heavy (non-hydrogen) atoms. The molecule has 594 valence electrons. The molecular weight excluding hydrogens is 1340 g/mol. The van der Waals surface area contributed by atoms with E-state index in [9.17, 15) is 14.4 Å². The van der Waals surface area contributed by atoms with Crippen LogP contribution < -0.4 is 0 Å². The second kappa shape index (κ2) is 32.3. The Kier molecular flexibility index (Phi) is 22.6. The summed E-state index contributed by atoms with van der Waals surface area (Å²) in [6, 6.07) is 0. The van der Waals surface area contributed by atoms with Gasteiger partial charge in [0.2, 0.25) is 0 Å². The molecule has 0 amide bonds. The molecule has 8 saturated heterocycles. The van der Waals surface area contributed by atoms with Crippen LogP contribution in [0.15, 0.2) is 0 Å². The largest absolute Gasteiger partial charge is 0.465 e. The van der Waals surface area contributed by atoms with Crippen molar-refractivity contribution in [2.45, 2.75) is 336 Å². The molecule has 0 bridgehead atoms. The molecule has 0 aromatic carbocycles. The molecule has 1 spiro atoms. The van der Waals surface area contributed by atoms with E-state index in [1.165, 1.54) is 160 Å². The molecule has 8 heterocycles. The number of rotatable bonds is 24. The molecule has 24 rings (SSSR count). The van der Waals surface area contributed by atoms with E-state index in [1.807, 2.05) is 0 Å². The summed E-state index contributed by atoms with van der Waals surface area (Å²) in [6.45, 7) is 11.3. The second-order valence-corrected chi connectivity index (χ2v) is 40.1. The van der Waals surface area contributed by atoms with Crippen LogP contribution in [0.2, 0.25) is 0 Å². The van der Waals surface area contributed by atoms with E-state index in [2.05, 4.69) is 6.92 Å². The van der Waals surface area contributed by atoms with Gasteiger partial charge < -0.3 is 66.3 Å². The maximum atomic E-state index is 12.0. The van der Waals surface area contributed by atoms with Gasteiger partial charge in [0, 0.05) is 50.2 Å². The zero-order valence-electron chi connectivity index (χ0n) is 64.8. The summed E-state index contributed by atoms with van der Waals surface area (Å²) >= 11 is 0. The summed E-state index contributed by atoms with van der Waals surface area (Å²) in [6.07, 6.45) is 53.9. The predicted octanol–water partition coefficient (Wildman–Crippen LogP) is 15.3. The highest BCUT2D eigenvalue weighted by Crippen LogP contribution is 2.65. The number of unbranched alkanes of at least 4 members (excludes halogenated alkanes) is 1. The average Bonchev–Trinajstić information content (AvgIpc) is 1.58. The molecule has 24 aliphatic rings. The number of hydrogen-bond acceptors (Lipinski definition) is 17. The third kappa shape index (κ3) is 19.2. The van der Waals surface area contributed by atoms with E-state index in [0.29, 0.717) is 142 Å². The Labute approximate surface area is 634 Å². The van der Waals surface area contributed by atoms with Crippen molar-refractivity contribution in [3.8, 4) is 0 Å². The molecule has 8 aliphatic heterocycles. The topological polar surface area (TPSA) is 204 Å². The van der Waals surface area contributed by atoms with Crippen LogP contribution >= 0.6 is 0 Å². The molecule has 24 fully saturated rings. The van der Waals surface area contributed by atoms with Crippen LogP contribution in [0.5, 0.6) is 0 Å². The fourth-order valence-corrected chi connectivity index (χ4v) is 24.7. The molecule has 0 radical (unpaired) electrons. The Balaban J connectivity index is 0.0000000886. The Morgan fingerprint density at radius 3 is 1.28 bits per heavy atom. The third-order valence-electron chi connectivity index (χ3n) is 32.7. The van der Waals surface area contributed by atoms with E-state index in [1.54, 1.807) is 12.8 Å². The van der Waals surface area contributed by atoms with Gasteiger partial charge in [0.05, 0.1) is 139 Å². The standard InChI is InChI=1S/C21H32O5.C17H28O3.C16H24O3.C15H22O3.C10H16O2.C10H14O/c22-20(24-12-14-5-7-16-11-17(16)9-14)3-1-2-4-21(23)25-13-15-6-8-18-19(10-15)26-18;1-3-14-9-15(14)7-12(1)10-18-5-6-19-11-13-2-4-16-17(8-13)20-16;1-2-11(6-12-5-10(1)12)13-8-17-16(18-9-13)4-3-14-15(7-16)19-14;16-15(11-3-4-13-14(7-11)18-13)17-8-9-1-2-10-6-12(10)5-9;1-2-10(7-3-4-7,8-5-11-8)9-6-12-9;1-5-2-7(5)8-4-10-9(11-10)3-6(1)8/h14-19H,1-13H2;12-17H,1-11H2;10-15H,1-9H2;9-14H,1-8H2;7-9H,2-6H2,1H3;5-10H,1-4H2. The van der Waals surface area contributed by atoms with Crippen molar-refractivity contribution in [2.75, 3.05) is 72.7 Å². The summed E-state index contributed by atoms with van der Waals surface area (Å²) < 4.78 is 79.1. The van der Waals surface area contributed by atoms with Crippen molar-refractivity contribution >= 4 is 17.9 Å². The normalized spacial score (nSPS) is 48.9. The van der Waals surface area contributed by atoms with Gasteiger partial charge in [-0.25, -0.2) is 0 Å². The predicted molar refractivity (Wildman–Crippen MR) is 393 cm³/mol. The van der Waals surface area contributed by atoms with Crippen molar-refractivity contribution in [2.24, 2.45) is 130 Å².